The molecule has 1 aromatic heterocycles. The topological polar surface area (TPSA) is 41.5 Å². The first kappa shape index (κ1) is 15.6. The molecule has 0 radical (unpaired) electrons. The summed E-state index contributed by atoms with van der Waals surface area (Å²) >= 11 is 1.78. The molecule has 1 heterocycles. The molecule has 0 aliphatic rings. The van der Waals surface area contributed by atoms with Crippen molar-refractivity contribution in [3.8, 4) is 0 Å². The molecular weight excluding hydrogens is 246 g/mol. The Hall–Kier alpha value is -0.420. The van der Waals surface area contributed by atoms with E-state index in [1.165, 1.54) is 4.88 Å². The van der Waals surface area contributed by atoms with Crippen LogP contribution in [-0.2, 0) is 11.2 Å². The largest absolute Gasteiger partial charge is 0.389 e. The van der Waals surface area contributed by atoms with Crippen LogP contribution in [0.3, 0.4) is 0 Å². The number of nitrogens with one attached hydrogen (secondary N) is 1. The fourth-order valence-electron chi connectivity index (χ4n) is 1.64. The van der Waals surface area contributed by atoms with Gasteiger partial charge in [0.2, 0.25) is 0 Å². The maximum Gasteiger partial charge on any atom is 0.0897 e. The second kappa shape index (κ2) is 8.64. The summed E-state index contributed by atoms with van der Waals surface area (Å²) < 4.78 is 5.41. The van der Waals surface area contributed by atoms with Gasteiger partial charge in [0.15, 0.2) is 0 Å². The van der Waals surface area contributed by atoms with Crippen molar-refractivity contribution in [3.05, 3.63) is 22.4 Å². The van der Waals surface area contributed by atoms with E-state index in [0.29, 0.717) is 31.7 Å². The molecule has 0 amide bonds. The zero-order valence-corrected chi connectivity index (χ0v) is 12.4. The van der Waals surface area contributed by atoms with Gasteiger partial charge in [-0.25, -0.2) is 0 Å². The molecule has 0 saturated heterocycles. The van der Waals surface area contributed by atoms with Gasteiger partial charge < -0.3 is 15.2 Å². The summed E-state index contributed by atoms with van der Waals surface area (Å²) in [6.07, 6.45) is 0.589. The van der Waals surface area contributed by atoms with Crippen molar-refractivity contribution in [1.82, 2.24) is 5.32 Å². The van der Waals surface area contributed by atoms with E-state index in [-0.39, 0.29) is 0 Å². The minimum Gasteiger partial charge on any atom is -0.389 e. The Labute approximate surface area is 114 Å². The maximum atomic E-state index is 9.75. The summed E-state index contributed by atoms with van der Waals surface area (Å²) in [6.45, 7) is 8.06. The molecule has 0 saturated carbocycles. The van der Waals surface area contributed by atoms with E-state index in [9.17, 15) is 5.11 Å². The Morgan fingerprint density at radius 1 is 1.33 bits per heavy atom. The van der Waals surface area contributed by atoms with Gasteiger partial charge in [-0.05, 0) is 30.7 Å². The van der Waals surface area contributed by atoms with E-state index in [2.05, 4.69) is 43.6 Å². The molecule has 0 aliphatic carbocycles. The number of hydrogen-bond acceptors (Lipinski definition) is 4. The fraction of sp³-hybridized carbons (Fsp3) is 0.714. The van der Waals surface area contributed by atoms with Crippen molar-refractivity contribution in [2.75, 3.05) is 19.8 Å². The highest BCUT2D eigenvalue weighted by molar-refractivity contribution is 7.09. The lowest BCUT2D eigenvalue weighted by atomic mass is 10.2. The molecule has 2 unspecified atom stereocenters. The molecule has 2 atom stereocenters. The molecule has 1 rings (SSSR count). The highest BCUT2D eigenvalue weighted by atomic mass is 32.1. The SMILES string of the molecule is CC(C)COCC(O)CNC(C)Cc1cccs1. The van der Waals surface area contributed by atoms with Crippen LogP contribution in [0.1, 0.15) is 25.6 Å². The molecule has 0 aliphatic heterocycles. The molecule has 0 bridgehead atoms. The molecule has 1 aromatic rings. The molecule has 0 fully saturated rings. The lowest BCUT2D eigenvalue weighted by molar-refractivity contribution is 0.0252. The second-order valence-electron chi connectivity index (χ2n) is 5.18. The minimum absolute atomic E-state index is 0.378. The third-order valence-electron chi connectivity index (χ3n) is 2.55. The van der Waals surface area contributed by atoms with Crippen molar-refractivity contribution < 1.29 is 9.84 Å². The van der Waals surface area contributed by atoms with Crippen molar-refractivity contribution in [2.45, 2.75) is 39.3 Å². The number of thiophene rings is 1. The third-order valence-corrected chi connectivity index (χ3v) is 3.45. The van der Waals surface area contributed by atoms with E-state index in [4.69, 9.17) is 4.74 Å². The Morgan fingerprint density at radius 2 is 2.11 bits per heavy atom. The fourth-order valence-corrected chi connectivity index (χ4v) is 2.47. The highest BCUT2D eigenvalue weighted by Crippen LogP contribution is 2.10. The first-order valence-corrected chi connectivity index (χ1v) is 7.47. The molecular formula is C14H25NO2S. The van der Waals surface area contributed by atoms with Crippen molar-refractivity contribution in [1.29, 1.82) is 0 Å². The number of aliphatic hydroxyl groups excluding tert-OH is 1. The molecule has 0 spiro atoms. The Balaban J connectivity index is 2.08. The first-order chi connectivity index (χ1) is 8.58. The van der Waals surface area contributed by atoms with E-state index >= 15 is 0 Å². The standard InChI is InChI=1S/C14H25NO2S/c1-11(2)9-17-10-13(16)8-15-12(3)7-14-5-4-6-18-14/h4-6,11-13,15-16H,7-10H2,1-3H3. The van der Waals surface area contributed by atoms with E-state index in [1.807, 2.05) is 0 Å². The first-order valence-electron chi connectivity index (χ1n) is 6.59. The van der Waals surface area contributed by atoms with E-state index in [0.717, 1.165) is 6.42 Å². The molecule has 2 N–H and O–H groups in total. The molecule has 0 aromatic carbocycles. The second-order valence-corrected chi connectivity index (χ2v) is 6.21. The van der Waals surface area contributed by atoms with Gasteiger partial charge in [-0.1, -0.05) is 19.9 Å². The quantitative estimate of drug-likeness (QED) is 0.724. The summed E-state index contributed by atoms with van der Waals surface area (Å²) in [7, 11) is 0. The van der Waals surface area contributed by atoms with Gasteiger partial charge in [-0.2, -0.15) is 0 Å². The average molecular weight is 271 g/mol. The van der Waals surface area contributed by atoms with Crippen LogP contribution in [0.25, 0.3) is 0 Å². The number of aliphatic hydroxyl groups is 1. The zero-order chi connectivity index (χ0) is 13.4. The lowest BCUT2D eigenvalue weighted by Crippen LogP contribution is -2.37. The summed E-state index contributed by atoms with van der Waals surface area (Å²) in [5.74, 6) is 0.517. The maximum absolute atomic E-state index is 9.75. The minimum atomic E-state index is -0.422. The van der Waals surface area contributed by atoms with Crippen molar-refractivity contribution in [2.24, 2.45) is 5.92 Å². The van der Waals surface area contributed by atoms with Crippen LogP contribution in [0.15, 0.2) is 17.5 Å². The van der Waals surface area contributed by atoms with Crippen LogP contribution in [0.4, 0.5) is 0 Å². The van der Waals surface area contributed by atoms with Gasteiger partial charge in [0.05, 0.1) is 12.7 Å². The molecule has 104 valence electrons. The van der Waals surface area contributed by atoms with Crippen molar-refractivity contribution in [3.63, 3.8) is 0 Å². The third kappa shape index (κ3) is 7.11. The molecule has 3 nitrogen and oxygen atoms in total. The zero-order valence-electron chi connectivity index (χ0n) is 11.6. The Morgan fingerprint density at radius 3 is 2.72 bits per heavy atom. The normalized spacial score (nSPS) is 14.9. The van der Waals surface area contributed by atoms with Crippen LogP contribution < -0.4 is 5.32 Å². The van der Waals surface area contributed by atoms with Crippen molar-refractivity contribution >= 4 is 11.3 Å². The van der Waals surface area contributed by atoms with Gasteiger partial charge >= 0.3 is 0 Å². The van der Waals surface area contributed by atoms with E-state index in [1.54, 1.807) is 11.3 Å². The summed E-state index contributed by atoms with van der Waals surface area (Å²) in [4.78, 5) is 1.38. The van der Waals surface area contributed by atoms with Crippen LogP contribution in [-0.4, -0.2) is 37.0 Å². The average Bonchev–Trinajstić information content (AvgIpc) is 2.78. The summed E-state index contributed by atoms with van der Waals surface area (Å²) in [5.41, 5.74) is 0. The van der Waals surface area contributed by atoms with Gasteiger partial charge in [-0.3, -0.25) is 0 Å². The van der Waals surface area contributed by atoms with E-state index < -0.39 is 6.10 Å². The van der Waals surface area contributed by atoms with Gasteiger partial charge in [0.25, 0.3) is 0 Å². The molecule has 4 heteroatoms. The van der Waals surface area contributed by atoms with Crippen LogP contribution in [0, 0.1) is 5.92 Å². The number of rotatable bonds is 9. The monoisotopic (exact) mass is 271 g/mol. The number of hydrogen-bond donors (Lipinski definition) is 2. The number of ether oxygens (including phenoxy) is 1. The smallest absolute Gasteiger partial charge is 0.0897 e. The summed E-state index contributed by atoms with van der Waals surface area (Å²) in [6, 6.07) is 4.59. The van der Waals surface area contributed by atoms with Crippen LogP contribution in [0.2, 0.25) is 0 Å². The summed E-state index contributed by atoms with van der Waals surface area (Å²) in [5, 5.41) is 15.2. The predicted molar refractivity (Wildman–Crippen MR) is 77.2 cm³/mol. The van der Waals surface area contributed by atoms with Gasteiger partial charge in [0, 0.05) is 24.1 Å². The Kier molecular flexibility index (Phi) is 7.51. The van der Waals surface area contributed by atoms with Gasteiger partial charge in [0.1, 0.15) is 0 Å². The predicted octanol–water partition coefficient (Wildman–Crippen LogP) is 2.30. The molecule has 18 heavy (non-hydrogen) atoms. The van der Waals surface area contributed by atoms with Crippen LogP contribution >= 0.6 is 11.3 Å². The van der Waals surface area contributed by atoms with Crippen LogP contribution in [0.5, 0.6) is 0 Å². The highest BCUT2D eigenvalue weighted by Gasteiger charge is 2.08. The Bertz CT molecular complexity index is 301. The lowest BCUT2D eigenvalue weighted by Gasteiger charge is -2.17. The van der Waals surface area contributed by atoms with Gasteiger partial charge in [-0.15, -0.1) is 11.3 Å².